The molecule has 2 aromatic rings. The quantitative estimate of drug-likeness (QED) is 0.514. The second-order valence-electron chi connectivity index (χ2n) is 8.74. The largest absolute Gasteiger partial charge is 0.388 e. The molecule has 1 saturated heterocycles. The zero-order valence-corrected chi connectivity index (χ0v) is 20.4. The Bertz CT molecular complexity index is 1020. The van der Waals surface area contributed by atoms with Crippen molar-refractivity contribution < 1.29 is 18.3 Å². The van der Waals surface area contributed by atoms with Gasteiger partial charge in [0.15, 0.2) is 9.84 Å². The van der Waals surface area contributed by atoms with Crippen molar-refractivity contribution in [3.63, 3.8) is 0 Å². The van der Waals surface area contributed by atoms with Gasteiger partial charge >= 0.3 is 0 Å². The Kier molecular flexibility index (Phi) is 8.88. The average molecular weight is 474 g/mol. The number of anilines is 2. The molecule has 33 heavy (non-hydrogen) atoms. The van der Waals surface area contributed by atoms with Crippen molar-refractivity contribution in [2.45, 2.75) is 43.6 Å². The number of carbonyl (C=O) groups is 1. The fourth-order valence-corrected chi connectivity index (χ4v) is 5.08. The second-order valence-corrected chi connectivity index (χ2v) is 10.7. The normalized spacial score (nSPS) is 15.9. The molecule has 2 N–H and O–H groups in total. The third-order valence-corrected chi connectivity index (χ3v) is 7.20. The average Bonchev–Trinajstić information content (AvgIpc) is 2.78. The lowest BCUT2D eigenvalue weighted by atomic mass is 10.0. The number of rotatable bonds is 10. The molecular weight excluding hydrogens is 438 g/mol. The summed E-state index contributed by atoms with van der Waals surface area (Å²) in [5.74, 6) is -0.351. The first kappa shape index (κ1) is 25.2. The Morgan fingerprint density at radius 3 is 2.36 bits per heavy atom. The van der Waals surface area contributed by atoms with E-state index in [1.54, 1.807) is 12.1 Å². The predicted molar refractivity (Wildman–Crippen MR) is 132 cm³/mol. The summed E-state index contributed by atoms with van der Waals surface area (Å²) in [6.07, 6.45) is 4.00. The third kappa shape index (κ3) is 7.55. The van der Waals surface area contributed by atoms with Crippen LogP contribution in [0, 0.1) is 0 Å². The highest BCUT2D eigenvalue weighted by Gasteiger charge is 2.18. The molecule has 2 aromatic carbocycles. The zero-order valence-electron chi connectivity index (χ0n) is 19.5. The number of sulfone groups is 1. The van der Waals surface area contributed by atoms with Crippen LogP contribution in [0.1, 0.15) is 44.3 Å². The van der Waals surface area contributed by atoms with Crippen LogP contribution in [0.5, 0.6) is 0 Å². The van der Waals surface area contributed by atoms with Crippen LogP contribution >= 0.6 is 0 Å². The minimum absolute atomic E-state index is 0.0565. The molecule has 0 radical (unpaired) electrons. The van der Waals surface area contributed by atoms with Gasteiger partial charge in [0.25, 0.3) is 0 Å². The fourth-order valence-electron chi connectivity index (χ4n) is 4.25. The van der Waals surface area contributed by atoms with E-state index in [4.69, 9.17) is 0 Å². The van der Waals surface area contributed by atoms with E-state index >= 15 is 0 Å². The van der Waals surface area contributed by atoms with Gasteiger partial charge in [0, 0.05) is 45.0 Å². The van der Waals surface area contributed by atoms with Crippen LogP contribution in [-0.4, -0.2) is 63.3 Å². The van der Waals surface area contributed by atoms with Crippen LogP contribution in [0.15, 0.2) is 53.4 Å². The lowest BCUT2D eigenvalue weighted by molar-refractivity contribution is -0.114. The number of aliphatic hydroxyl groups is 1. The van der Waals surface area contributed by atoms with E-state index in [0.29, 0.717) is 12.0 Å². The second kappa shape index (κ2) is 11.6. The van der Waals surface area contributed by atoms with Gasteiger partial charge in [0.05, 0.1) is 16.7 Å². The summed E-state index contributed by atoms with van der Waals surface area (Å²) in [5.41, 5.74) is 2.12. The first-order chi connectivity index (χ1) is 15.7. The molecule has 0 spiro atoms. The number of amides is 1. The summed E-state index contributed by atoms with van der Waals surface area (Å²) in [5, 5.41) is 13.1. The minimum atomic E-state index is -3.48. The zero-order chi connectivity index (χ0) is 23.8. The number of benzene rings is 2. The number of hydrogen-bond donors (Lipinski definition) is 2. The molecular formula is C25H35N3O4S. The van der Waals surface area contributed by atoms with Crippen LogP contribution in [0.3, 0.4) is 0 Å². The highest BCUT2D eigenvalue weighted by atomic mass is 32.2. The Morgan fingerprint density at radius 1 is 1.03 bits per heavy atom. The van der Waals surface area contributed by atoms with Crippen molar-refractivity contribution >= 4 is 27.1 Å². The van der Waals surface area contributed by atoms with Crippen molar-refractivity contribution in [1.29, 1.82) is 0 Å². The summed E-state index contributed by atoms with van der Waals surface area (Å²) in [6.45, 7) is 6.61. The molecule has 1 fully saturated rings. The maximum absolute atomic E-state index is 12.0. The number of nitrogens with zero attached hydrogens (tertiary/aromatic N) is 2. The number of aliphatic hydroxyl groups excluding tert-OH is 1. The molecule has 1 atom stereocenters. The first-order valence-corrected chi connectivity index (χ1v) is 13.4. The van der Waals surface area contributed by atoms with Crippen LogP contribution in [0.4, 0.5) is 11.4 Å². The molecule has 1 heterocycles. The number of piperazine rings is 1. The highest BCUT2D eigenvalue weighted by molar-refractivity contribution is 7.90. The van der Waals surface area contributed by atoms with Gasteiger partial charge in [0.1, 0.15) is 0 Å². The van der Waals surface area contributed by atoms with Crippen molar-refractivity contribution in [3.05, 3.63) is 54.1 Å². The smallest absolute Gasteiger partial charge is 0.221 e. The van der Waals surface area contributed by atoms with Crippen LogP contribution in [0.25, 0.3) is 0 Å². The van der Waals surface area contributed by atoms with Gasteiger partial charge in [0.2, 0.25) is 5.91 Å². The summed E-state index contributed by atoms with van der Waals surface area (Å²) < 4.78 is 23.9. The highest BCUT2D eigenvalue weighted by Crippen LogP contribution is 2.28. The molecule has 180 valence electrons. The van der Waals surface area contributed by atoms with E-state index in [9.17, 15) is 18.3 Å². The van der Waals surface area contributed by atoms with Gasteiger partial charge < -0.3 is 15.3 Å². The van der Waals surface area contributed by atoms with Gasteiger partial charge in [-0.2, -0.15) is 0 Å². The Labute approximate surface area is 197 Å². The summed E-state index contributed by atoms with van der Waals surface area (Å²) in [6, 6.07) is 15.2. The first-order valence-electron chi connectivity index (χ1n) is 11.6. The maximum atomic E-state index is 12.0. The summed E-state index contributed by atoms with van der Waals surface area (Å²) >= 11 is 0. The number of nitrogens with one attached hydrogen (secondary N) is 1. The van der Waals surface area contributed by atoms with E-state index in [2.05, 4.69) is 39.4 Å². The lowest BCUT2D eigenvalue weighted by Gasteiger charge is -2.36. The van der Waals surface area contributed by atoms with E-state index in [-0.39, 0.29) is 16.5 Å². The molecule has 7 nitrogen and oxygen atoms in total. The summed E-state index contributed by atoms with van der Waals surface area (Å²) in [7, 11) is -3.48. The Hall–Kier alpha value is -2.42. The van der Waals surface area contributed by atoms with Crippen molar-refractivity contribution in [1.82, 2.24) is 4.90 Å². The number of unbranched alkanes of at least 4 members (excludes halogenated alkanes) is 2. The SMILES string of the molecule is CC(=O)Nc1cc(C(O)CCCCCN2CCN(c3ccccc3)CC2)ccc1S(C)(=O)=O. The van der Waals surface area contributed by atoms with Crippen LogP contribution < -0.4 is 10.2 Å². The van der Waals surface area contributed by atoms with E-state index in [1.807, 2.05) is 6.07 Å². The molecule has 1 aliphatic rings. The lowest BCUT2D eigenvalue weighted by Crippen LogP contribution is -2.46. The molecule has 1 aliphatic heterocycles. The van der Waals surface area contributed by atoms with Gasteiger partial charge in [-0.1, -0.05) is 37.1 Å². The predicted octanol–water partition coefficient (Wildman–Crippen LogP) is 3.46. The third-order valence-electron chi connectivity index (χ3n) is 6.04. The standard InChI is InChI=1S/C25H35N3O4S/c1-20(29)26-23-19-21(12-13-25(23)33(2,31)32)24(30)11-7-4-8-14-27-15-17-28(18-16-27)22-9-5-3-6-10-22/h3,5-6,9-10,12-13,19,24,30H,4,7-8,11,14-18H2,1-2H3,(H,26,29). The topological polar surface area (TPSA) is 89.9 Å². The van der Waals surface area contributed by atoms with Crippen molar-refractivity contribution in [2.75, 3.05) is 49.2 Å². The molecule has 0 aliphatic carbocycles. The van der Waals surface area contributed by atoms with Crippen molar-refractivity contribution in [3.8, 4) is 0 Å². The fraction of sp³-hybridized carbons (Fsp3) is 0.480. The van der Waals surface area contributed by atoms with E-state index in [0.717, 1.165) is 58.2 Å². The molecule has 0 bridgehead atoms. The molecule has 1 unspecified atom stereocenters. The van der Waals surface area contributed by atoms with E-state index in [1.165, 1.54) is 18.7 Å². The van der Waals surface area contributed by atoms with Crippen molar-refractivity contribution in [2.24, 2.45) is 0 Å². The molecule has 0 aromatic heterocycles. The minimum Gasteiger partial charge on any atom is -0.388 e. The monoisotopic (exact) mass is 473 g/mol. The Balaban J connectivity index is 1.41. The Morgan fingerprint density at radius 2 is 1.73 bits per heavy atom. The molecule has 8 heteroatoms. The van der Waals surface area contributed by atoms with Gasteiger partial charge in [-0.25, -0.2) is 8.42 Å². The molecule has 0 saturated carbocycles. The summed E-state index contributed by atoms with van der Waals surface area (Å²) in [4.78, 5) is 16.4. The van der Waals surface area contributed by atoms with Gasteiger partial charge in [-0.15, -0.1) is 0 Å². The van der Waals surface area contributed by atoms with Gasteiger partial charge in [-0.05, 0) is 49.2 Å². The van der Waals surface area contributed by atoms with E-state index < -0.39 is 15.9 Å². The molecule has 1 amide bonds. The number of hydrogen-bond acceptors (Lipinski definition) is 6. The maximum Gasteiger partial charge on any atom is 0.221 e. The number of carbonyl (C=O) groups excluding carboxylic acids is 1. The van der Waals surface area contributed by atoms with Crippen LogP contribution in [-0.2, 0) is 14.6 Å². The van der Waals surface area contributed by atoms with Gasteiger partial charge in [-0.3, -0.25) is 9.69 Å². The molecule has 3 rings (SSSR count). The van der Waals surface area contributed by atoms with Crippen LogP contribution in [0.2, 0.25) is 0 Å². The number of para-hydroxylation sites is 1.